The van der Waals surface area contributed by atoms with Crippen LogP contribution < -0.4 is 5.32 Å². The largest absolute Gasteiger partial charge is 0.467 e. The SMILES string of the molecule is CC[C@H](C)[C@H](NC(=O)COC(=O)C1CCN(C(=O)OC(C)(C)C)CC1)C(=O)OC. The van der Waals surface area contributed by atoms with Crippen molar-refractivity contribution in [1.29, 1.82) is 0 Å². The summed E-state index contributed by atoms with van der Waals surface area (Å²) in [7, 11) is 1.26. The Morgan fingerprint density at radius 1 is 1.14 bits per heavy atom. The lowest BCUT2D eigenvalue weighted by molar-refractivity contribution is -0.155. The molecule has 1 fully saturated rings. The maximum atomic E-state index is 12.2. The van der Waals surface area contributed by atoms with Crippen molar-refractivity contribution in [3.05, 3.63) is 0 Å². The first-order chi connectivity index (χ1) is 13.5. The molecule has 9 heteroatoms. The zero-order chi connectivity index (χ0) is 22.2. The first-order valence-corrected chi connectivity index (χ1v) is 10.00. The Morgan fingerprint density at radius 3 is 2.21 bits per heavy atom. The van der Waals surface area contributed by atoms with Crippen molar-refractivity contribution in [1.82, 2.24) is 10.2 Å². The summed E-state index contributed by atoms with van der Waals surface area (Å²) in [4.78, 5) is 49.8. The molecule has 1 N–H and O–H groups in total. The zero-order valence-electron chi connectivity index (χ0n) is 18.3. The van der Waals surface area contributed by atoms with Crippen LogP contribution in [0.3, 0.4) is 0 Å². The molecule has 2 amide bonds. The van der Waals surface area contributed by atoms with Gasteiger partial charge in [-0.05, 0) is 39.5 Å². The minimum Gasteiger partial charge on any atom is -0.467 e. The maximum absolute atomic E-state index is 12.2. The van der Waals surface area contributed by atoms with Crippen LogP contribution in [0, 0.1) is 11.8 Å². The highest BCUT2D eigenvalue weighted by Crippen LogP contribution is 2.21. The van der Waals surface area contributed by atoms with Gasteiger partial charge in [-0.1, -0.05) is 20.3 Å². The van der Waals surface area contributed by atoms with E-state index in [1.807, 2.05) is 13.8 Å². The van der Waals surface area contributed by atoms with Gasteiger partial charge in [0.25, 0.3) is 5.91 Å². The molecule has 0 aromatic carbocycles. The average Bonchev–Trinajstić information content (AvgIpc) is 2.67. The Hall–Kier alpha value is -2.32. The van der Waals surface area contributed by atoms with Crippen LogP contribution >= 0.6 is 0 Å². The minimum atomic E-state index is -0.784. The zero-order valence-corrected chi connectivity index (χ0v) is 18.3. The molecule has 0 spiro atoms. The molecule has 29 heavy (non-hydrogen) atoms. The highest BCUT2D eigenvalue weighted by molar-refractivity contribution is 5.86. The number of likely N-dealkylation sites (tertiary alicyclic amines) is 1. The van der Waals surface area contributed by atoms with Crippen LogP contribution in [0.4, 0.5) is 4.79 Å². The summed E-state index contributed by atoms with van der Waals surface area (Å²) in [5.41, 5.74) is -0.572. The van der Waals surface area contributed by atoms with Crippen molar-refractivity contribution >= 4 is 23.9 Å². The number of piperidine rings is 1. The molecule has 1 saturated heterocycles. The summed E-state index contributed by atoms with van der Waals surface area (Å²) < 4.78 is 15.1. The van der Waals surface area contributed by atoms with E-state index in [4.69, 9.17) is 14.2 Å². The standard InChI is InChI=1S/C20H34N2O7/c1-7-13(2)16(18(25)27-6)21-15(23)12-28-17(24)14-8-10-22(11-9-14)19(26)29-20(3,4)5/h13-14,16H,7-12H2,1-6H3,(H,21,23)/t13-,16-/m0/s1. The second-order valence-corrected chi connectivity index (χ2v) is 8.30. The number of nitrogens with one attached hydrogen (secondary N) is 1. The van der Waals surface area contributed by atoms with Crippen LogP contribution in [0.25, 0.3) is 0 Å². The molecule has 0 unspecified atom stereocenters. The smallest absolute Gasteiger partial charge is 0.410 e. The quantitative estimate of drug-likeness (QED) is 0.500. The van der Waals surface area contributed by atoms with Gasteiger partial charge >= 0.3 is 18.0 Å². The van der Waals surface area contributed by atoms with Crippen LogP contribution in [-0.4, -0.2) is 67.3 Å². The topological polar surface area (TPSA) is 111 Å². The predicted molar refractivity (Wildman–Crippen MR) is 105 cm³/mol. The molecular formula is C20H34N2O7. The minimum absolute atomic E-state index is 0.112. The molecule has 166 valence electrons. The van der Waals surface area contributed by atoms with Crippen LogP contribution in [0.15, 0.2) is 0 Å². The summed E-state index contributed by atoms with van der Waals surface area (Å²) in [6, 6.07) is -0.784. The van der Waals surface area contributed by atoms with Gasteiger partial charge in [-0.3, -0.25) is 9.59 Å². The van der Waals surface area contributed by atoms with Gasteiger partial charge in [-0.2, -0.15) is 0 Å². The van der Waals surface area contributed by atoms with E-state index in [2.05, 4.69) is 5.32 Å². The molecule has 0 radical (unpaired) electrons. The van der Waals surface area contributed by atoms with E-state index >= 15 is 0 Å². The second-order valence-electron chi connectivity index (χ2n) is 8.30. The molecule has 1 aliphatic rings. The molecule has 1 heterocycles. The number of amides is 2. The maximum Gasteiger partial charge on any atom is 0.410 e. The first-order valence-electron chi connectivity index (χ1n) is 10.00. The van der Waals surface area contributed by atoms with Crippen LogP contribution in [0.1, 0.15) is 53.9 Å². The molecule has 0 aromatic rings. The van der Waals surface area contributed by atoms with Crippen molar-refractivity contribution < 1.29 is 33.4 Å². The number of rotatable bonds is 7. The summed E-state index contributed by atoms with van der Waals surface area (Å²) in [6.45, 7) is 9.43. The van der Waals surface area contributed by atoms with Gasteiger partial charge in [0.1, 0.15) is 11.6 Å². The normalized spacial score (nSPS) is 17.1. The number of carbonyl (C=O) groups is 4. The van der Waals surface area contributed by atoms with Crippen molar-refractivity contribution in [3.63, 3.8) is 0 Å². The Balaban J connectivity index is 2.44. The lowest BCUT2D eigenvalue weighted by atomic mass is 9.97. The van der Waals surface area contributed by atoms with Crippen molar-refractivity contribution in [2.45, 2.75) is 65.5 Å². The van der Waals surface area contributed by atoms with Gasteiger partial charge in [0.05, 0.1) is 13.0 Å². The summed E-state index contributed by atoms with van der Waals surface area (Å²) in [6.07, 6.45) is 1.16. The van der Waals surface area contributed by atoms with Gasteiger partial charge in [0.15, 0.2) is 6.61 Å². The Morgan fingerprint density at radius 2 is 1.72 bits per heavy atom. The second kappa shape index (κ2) is 11.0. The van der Waals surface area contributed by atoms with E-state index in [1.54, 1.807) is 25.7 Å². The Kier molecular flexibility index (Phi) is 9.39. The van der Waals surface area contributed by atoms with E-state index in [-0.39, 0.29) is 11.8 Å². The molecule has 0 aromatic heterocycles. The van der Waals surface area contributed by atoms with Gasteiger partial charge in [-0.25, -0.2) is 9.59 Å². The van der Waals surface area contributed by atoms with E-state index in [0.29, 0.717) is 32.4 Å². The van der Waals surface area contributed by atoms with Crippen molar-refractivity contribution in [2.24, 2.45) is 11.8 Å². The van der Waals surface area contributed by atoms with Crippen molar-refractivity contribution in [2.75, 3.05) is 26.8 Å². The summed E-state index contributed by atoms with van der Waals surface area (Å²) >= 11 is 0. The van der Waals surface area contributed by atoms with E-state index in [1.165, 1.54) is 7.11 Å². The fourth-order valence-electron chi connectivity index (χ4n) is 2.89. The fourth-order valence-corrected chi connectivity index (χ4v) is 2.89. The number of carbonyl (C=O) groups excluding carboxylic acids is 4. The fraction of sp³-hybridized carbons (Fsp3) is 0.800. The van der Waals surface area contributed by atoms with Crippen LogP contribution in [0.5, 0.6) is 0 Å². The number of nitrogens with zero attached hydrogens (tertiary/aromatic N) is 1. The number of esters is 2. The van der Waals surface area contributed by atoms with Gasteiger partial charge in [-0.15, -0.1) is 0 Å². The van der Waals surface area contributed by atoms with E-state index in [0.717, 1.165) is 0 Å². The third-order valence-electron chi connectivity index (χ3n) is 4.81. The Bertz CT molecular complexity index is 592. The molecule has 1 aliphatic heterocycles. The predicted octanol–water partition coefficient (Wildman–Crippen LogP) is 1.88. The number of hydrogen-bond acceptors (Lipinski definition) is 7. The van der Waals surface area contributed by atoms with Crippen molar-refractivity contribution in [3.8, 4) is 0 Å². The molecule has 0 bridgehead atoms. The molecule has 1 rings (SSSR count). The lowest BCUT2D eigenvalue weighted by Gasteiger charge is -2.32. The first kappa shape index (κ1) is 24.7. The van der Waals surface area contributed by atoms with Gasteiger partial charge in [0, 0.05) is 13.1 Å². The molecule has 0 saturated carbocycles. The summed E-state index contributed by atoms with van der Waals surface area (Å²) in [5, 5.41) is 2.56. The highest BCUT2D eigenvalue weighted by Gasteiger charge is 2.31. The number of ether oxygens (including phenoxy) is 3. The third kappa shape index (κ3) is 8.29. The summed E-state index contributed by atoms with van der Waals surface area (Å²) in [5.74, 6) is -2.07. The molecular weight excluding hydrogens is 380 g/mol. The monoisotopic (exact) mass is 414 g/mol. The molecule has 9 nitrogen and oxygen atoms in total. The Labute approximate surface area is 172 Å². The third-order valence-corrected chi connectivity index (χ3v) is 4.81. The van der Waals surface area contributed by atoms with Gasteiger partial charge in [0.2, 0.25) is 0 Å². The van der Waals surface area contributed by atoms with E-state index < -0.39 is 42.2 Å². The van der Waals surface area contributed by atoms with Crippen LogP contribution in [0.2, 0.25) is 0 Å². The highest BCUT2D eigenvalue weighted by atomic mass is 16.6. The lowest BCUT2D eigenvalue weighted by Crippen LogP contribution is -2.47. The van der Waals surface area contributed by atoms with Gasteiger partial charge < -0.3 is 24.4 Å². The molecule has 2 atom stereocenters. The average molecular weight is 414 g/mol. The number of methoxy groups -OCH3 is 1. The molecule has 0 aliphatic carbocycles. The number of hydrogen-bond donors (Lipinski definition) is 1. The van der Waals surface area contributed by atoms with E-state index in [9.17, 15) is 19.2 Å². The van der Waals surface area contributed by atoms with Crippen LogP contribution in [-0.2, 0) is 28.6 Å².